The van der Waals surface area contributed by atoms with Crippen molar-refractivity contribution >= 4 is 5.97 Å². The molecule has 1 aromatic heterocycles. The van der Waals surface area contributed by atoms with Crippen molar-refractivity contribution in [3.63, 3.8) is 0 Å². The zero-order valence-electron chi connectivity index (χ0n) is 12.9. The fourth-order valence-corrected chi connectivity index (χ4v) is 3.08. The van der Waals surface area contributed by atoms with Crippen LogP contribution in [0.3, 0.4) is 0 Å². The Morgan fingerprint density at radius 2 is 2.09 bits per heavy atom. The molecule has 0 aliphatic heterocycles. The molecule has 1 aromatic carbocycles. The van der Waals surface area contributed by atoms with Crippen molar-refractivity contribution in [1.82, 2.24) is 4.57 Å². The number of carboxylic acids is 1. The summed E-state index contributed by atoms with van der Waals surface area (Å²) in [6.07, 6.45) is 2.78. The molecule has 23 heavy (non-hydrogen) atoms. The van der Waals surface area contributed by atoms with Crippen molar-refractivity contribution in [2.24, 2.45) is 5.92 Å². The van der Waals surface area contributed by atoms with Crippen molar-refractivity contribution in [2.45, 2.75) is 31.9 Å². The Balaban J connectivity index is 1.79. The lowest BCUT2D eigenvalue weighted by Gasteiger charge is -2.16. The molecule has 2 atom stereocenters. The third kappa shape index (κ3) is 2.74. The molecule has 1 fully saturated rings. The molecule has 0 spiro atoms. The monoisotopic (exact) mass is 313 g/mol. The summed E-state index contributed by atoms with van der Waals surface area (Å²) in [4.78, 5) is 23.9. The molecule has 1 aliphatic rings. The number of nitrogens with zero attached hydrogens (tertiary/aromatic N) is 1. The van der Waals surface area contributed by atoms with Gasteiger partial charge in [0.05, 0.1) is 0 Å². The number of aromatic nitrogens is 1. The molecule has 120 valence electrons. The van der Waals surface area contributed by atoms with Crippen LogP contribution < -0.4 is 10.3 Å². The van der Waals surface area contributed by atoms with Crippen LogP contribution in [0.1, 0.15) is 25.3 Å². The van der Waals surface area contributed by atoms with Crippen LogP contribution in [-0.4, -0.2) is 15.6 Å². The highest BCUT2D eigenvalue weighted by Gasteiger charge is 2.61. The van der Waals surface area contributed by atoms with E-state index in [-0.39, 0.29) is 11.5 Å². The number of benzene rings is 1. The first-order chi connectivity index (χ1) is 11.1. The highest BCUT2D eigenvalue weighted by molar-refractivity contribution is 5.81. The molecule has 1 N–H and O–H groups in total. The van der Waals surface area contributed by atoms with Gasteiger partial charge in [-0.1, -0.05) is 43.7 Å². The lowest BCUT2D eigenvalue weighted by Crippen LogP contribution is -2.37. The van der Waals surface area contributed by atoms with Gasteiger partial charge >= 0.3 is 5.97 Å². The van der Waals surface area contributed by atoms with Crippen LogP contribution >= 0.6 is 0 Å². The van der Waals surface area contributed by atoms with Crippen molar-refractivity contribution in [1.29, 1.82) is 0 Å². The fraction of sp³-hybridized carbons (Fsp3) is 0.333. The van der Waals surface area contributed by atoms with E-state index in [1.54, 1.807) is 6.07 Å². The predicted octanol–water partition coefficient (Wildman–Crippen LogP) is 2.64. The highest BCUT2D eigenvalue weighted by Crippen LogP contribution is 2.51. The maximum Gasteiger partial charge on any atom is 0.330 e. The van der Waals surface area contributed by atoms with E-state index in [0.29, 0.717) is 18.8 Å². The van der Waals surface area contributed by atoms with Gasteiger partial charge in [0, 0.05) is 12.3 Å². The molecule has 2 aromatic rings. The van der Waals surface area contributed by atoms with E-state index in [4.69, 9.17) is 4.74 Å². The second kappa shape index (κ2) is 5.91. The molecular formula is C18H19NO4. The summed E-state index contributed by atoms with van der Waals surface area (Å²) in [6, 6.07) is 12.7. The minimum Gasteiger partial charge on any atom is -0.489 e. The molecule has 1 aliphatic carbocycles. The van der Waals surface area contributed by atoms with Crippen LogP contribution in [-0.2, 0) is 16.9 Å². The van der Waals surface area contributed by atoms with E-state index in [0.717, 1.165) is 12.0 Å². The van der Waals surface area contributed by atoms with Crippen LogP contribution in [0, 0.1) is 5.92 Å². The molecule has 5 heteroatoms. The first-order valence-corrected chi connectivity index (χ1v) is 7.71. The second-order valence-electron chi connectivity index (χ2n) is 5.88. The Hall–Kier alpha value is -2.56. The van der Waals surface area contributed by atoms with E-state index >= 15 is 0 Å². The van der Waals surface area contributed by atoms with Crippen molar-refractivity contribution < 1.29 is 14.6 Å². The van der Waals surface area contributed by atoms with Gasteiger partial charge in [-0.25, -0.2) is 4.79 Å². The maximum absolute atomic E-state index is 12.3. The van der Waals surface area contributed by atoms with Gasteiger partial charge < -0.3 is 9.84 Å². The molecule has 0 radical (unpaired) electrons. The van der Waals surface area contributed by atoms with Gasteiger partial charge in [-0.05, 0) is 24.0 Å². The average molecular weight is 313 g/mol. The van der Waals surface area contributed by atoms with Gasteiger partial charge in [0.15, 0.2) is 0 Å². The van der Waals surface area contributed by atoms with E-state index in [1.165, 1.54) is 16.8 Å². The van der Waals surface area contributed by atoms with E-state index in [2.05, 4.69) is 0 Å². The summed E-state index contributed by atoms with van der Waals surface area (Å²) in [5.74, 6) is -0.484. The zero-order valence-corrected chi connectivity index (χ0v) is 12.9. The highest BCUT2D eigenvalue weighted by atomic mass is 16.5. The number of ether oxygens (including phenoxy) is 1. The Morgan fingerprint density at radius 1 is 1.35 bits per heavy atom. The SMILES string of the molecule is CCC1CC1(C(=O)O)n1ccc(OCc2ccccc2)cc1=O. The molecule has 0 saturated heterocycles. The Bertz CT molecular complexity index is 768. The first kappa shape index (κ1) is 15.3. The van der Waals surface area contributed by atoms with E-state index in [9.17, 15) is 14.7 Å². The first-order valence-electron chi connectivity index (χ1n) is 7.71. The van der Waals surface area contributed by atoms with Gasteiger partial charge in [0.2, 0.25) is 0 Å². The molecule has 1 heterocycles. The van der Waals surface area contributed by atoms with Gasteiger partial charge in [-0.2, -0.15) is 0 Å². The summed E-state index contributed by atoms with van der Waals surface area (Å²) in [5.41, 5.74) is -0.412. The van der Waals surface area contributed by atoms with Crippen LogP contribution in [0.25, 0.3) is 0 Å². The minimum atomic E-state index is -1.08. The quantitative estimate of drug-likeness (QED) is 0.890. The lowest BCUT2D eigenvalue weighted by molar-refractivity contribution is -0.143. The Morgan fingerprint density at radius 3 is 2.65 bits per heavy atom. The normalized spacial score (nSPS) is 22.6. The summed E-state index contributed by atoms with van der Waals surface area (Å²) >= 11 is 0. The maximum atomic E-state index is 12.3. The van der Waals surface area contributed by atoms with Crippen LogP contribution in [0.5, 0.6) is 5.75 Å². The van der Waals surface area contributed by atoms with Crippen molar-refractivity contribution in [3.8, 4) is 5.75 Å². The fourth-order valence-electron chi connectivity index (χ4n) is 3.08. The standard InChI is InChI=1S/C18H19NO4/c1-2-14-11-18(14,17(21)22)19-9-8-15(10-16(19)20)23-12-13-6-4-3-5-7-13/h3-10,14H,2,11-12H2,1H3,(H,21,22). The van der Waals surface area contributed by atoms with Crippen LogP contribution in [0.15, 0.2) is 53.5 Å². The largest absolute Gasteiger partial charge is 0.489 e. The Kier molecular flexibility index (Phi) is 3.94. The van der Waals surface area contributed by atoms with Crippen molar-refractivity contribution in [2.75, 3.05) is 0 Å². The summed E-state index contributed by atoms with van der Waals surface area (Å²) < 4.78 is 6.95. The number of carbonyl (C=O) groups is 1. The van der Waals surface area contributed by atoms with Crippen LogP contribution in [0.2, 0.25) is 0 Å². The molecule has 1 saturated carbocycles. The lowest BCUT2D eigenvalue weighted by atomic mass is 10.1. The number of hydrogen-bond donors (Lipinski definition) is 1. The van der Waals surface area contributed by atoms with Gasteiger partial charge in [0.25, 0.3) is 5.56 Å². The molecule has 2 unspecified atom stereocenters. The van der Waals surface area contributed by atoms with Crippen molar-refractivity contribution in [3.05, 3.63) is 64.6 Å². The average Bonchev–Trinajstić information content (AvgIpc) is 3.30. The molecule has 0 amide bonds. The van der Waals surface area contributed by atoms with Gasteiger partial charge in [0.1, 0.15) is 17.9 Å². The van der Waals surface area contributed by atoms with Gasteiger partial charge in [-0.15, -0.1) is 0 Å². The summed E-state index contributed by atoms with van der Waals surface area (Å²) in [7, 11) is 0. The predicted molar refractivity (Wildman–Crippen MR) is 85.5 cm³/mol. The minimum absolute atomic E-state index is 0.00814. The van der Waals surface area contributed by atoms with E-state index in [1.807, 2.05) is 37.3 Å². The zero-order chi connectivity index (χ0) is 16.4. The molecule has 0 bridgehead atoms. The van der Waals surface area contributed by atoms with Gasteiger partial charge in [-0.3, -0.25) is 9.36 Å². The Labute approximate surface area is 134 Å². The molecule has 3 rings (SSSR count). The summed E-state index contributed by atoms with van der Waals surface area (Å²) in [6.45, 7) is 2.31. The molecular weight excluding hydrogens is 294 g/mol. The summed E-state index contributed by atoms with van der Waals surface area (Å²) in [5, 5.41) is 9.51. The smallest absolute Gasteiger partial charge is 0.330 e. The second-order valence-corrected chi connectivity index (χ2v) is 5.88. The van der Waals surface area contributed by atoms with Crippen LogP contribution in [0.4, 0.5) is 0 Å². The third-order valence-electron chi connectivity index (χ3n) is 4.51. The molecule has 5 nitrogen and oxygen atoms in total. The number of rotatable bonds is 6. The topological polar surface area (TPSA) is 68.5 Å². The third-order valence-corrected chi connectivity index (χ3v) is 4.51. The number of aliphatic carboxylic acids is 1. The van der Waals surface area contributed by atoms with E-state index < -0.39 is 11.5 Å². The number of hydrogen-bond acceptors (Lipinski definition) is 3. The number of carboxylic acid groups (broad SMARTS) is 1. The number of pyridine rings is 1.